The third-order valence-electron chi connectivity index (χ3n) is 0.786. The molecular weight excluding hydrogens is 140 g/mol. The Kier molecular flexibility index (Phi) is 2.29. The van der Waals surface area contributed by atoms with Crippen molar-refractivity contribution < 1.29 is 0 Å². The van der Waals surface area contributed by atoms with Gasteiger partial charge in [-0.3, -0.25) is 5.10 Å². The SMILES string of the molecule is SSCc1cn[nH]c1. The predicted molar refractivity (Wildman–Crippen MR) is 38.9 cm³/mol. The maximum Gasteiger partial charge on any atom is 0.0527 e. The molecule has 0 unspecified atom stereocenters. The van der Waals surface area contributed by atoms with Crippen molar-refractivity contribution in [2.24, 2.45) is 0 Å². The molecule has 0 radical (unpaired) electrons. The van der Waals surface area contributed by atoms with Crippen molar-refractivity contribution in [2.75, 3.05) is 0 Å². The van der Waals surface area contributed by atoms with E-state index in [2.05, 4.69) is 21.9 Å². The number of rotatable bonds is 2. The van der Waals surface area contributed by atoms with Crippen LogP contribution in [0.5, 0.6) is 0 Å². The second-order valence-corrected chi connectivity index (χ2v) is 2.70. The zero-order valence-electron chi connectivity index (χ0n) is 4.16. The van der Waals surface area contributed by atoms with Crippen molar-refractivity contribution in [1.82, 2.24) is 10.2 Å². The molecule has 0 fully saturated rings. The molecule has 0 amide bonds. The highest BCUT2D eigenvalue weighted by atomic mass is 33.1. The zero-order chi connectivity index (χ0) is 5.82. The molecule has 0 saturated carbocycles. The highest BCUT2D eigenvalue weighted by molar-refractivity contribution is 8.68. The molecule has 0 bridgehead atoms. The lowest BCUT2D eigenvalue weighted by molar-refractivity contribution is 1.09. The van der Waals surface area contributed by atoms with E-state index in [9.17, 15) is 0 Å². The number of hydrogen-bond donors (Lipinski definition) is 2. The number of aromatic amines is 1. The molecule has 0 saturated heterocycles. The van der Waals surface area contributed by atoms with Crippen LogP contribution in [0, 0.1) is 0 Å². The lowest BCUT2D eigenvalue weighted by atomic mass is 10.4. The molecule has 1 aromatic heterocycles. The van der Waals surface area contributed by atoms with Crippen LogP contribution in [0.4, 0.5) is 0 Å². The first-order chi connectivity index (χ1) is 3.93. The summed E-state index contributed by atoms with van der Waals surface area (Å²) in [5, 5.41) is 6.49. The normalized spacial score (nSPS) is 9.62. The van der Waals surface area contributed by atoms with Gasteiger partial charge in [0, 0.05) is 17.5 Å². The largest absolute Gasteiger partial charge is 0.285 e. The molecule has 0 spiro atoms. The Hall–Kier alpha value is -0.0900. The molecule has 1 rings (SSSR count). The summed E-state index contributed by atoms with van der Waals surface area (Å²) >= 11 is 3.98. The van der Waals surface area contributed by atoms with Crippen LogP contribution in [0.2, 0.25) is 0 Å². The maximum atomic E-state index is 3.98. The minimum atomic E-state index is 0.916. The number of hydrogen-bond acceptors (Lipinski definition) is 3. The van der Waals surface area contributed by atoms with Crippen LogP contribution >= 0.6 is 22.5 Å². The lowest BCUT2D eigenvalue weighted by Gasteiger charge is -1.83. The zero-order valence-corrected chi connectivity index (χ0v) is 5.88. The number of nitrogens with zero attached hydrogens (tertiary/aromatic N) is 1. The van der Waals surface area contributed by atoms with E-state index in [1.165, 1.54) is 16.4 Å². The highest BCUT2D eigenvalue weighted by Gasteiger charge is 1.88. The lowest BCUT2D eigenvalue weighted by Crippen LogP contribution is -1.67. The van der Waals surface area contributed by atoms with Gasteiger partial charge in [0.1, 0.15) is 0 Å². The average molecular weight is 146 g/mol. The Morgan fingerprint density at radius 2 is 2.75 bits per heavy atom. The van der Waals surface area contributed by atoms with E-state index in [1.807, 2.05) is 6.20 Å². The van der Waals surface area contributed by atoms with E-state index in [4.69, 9.17) is 0 Å². The van der Waals surface area contributed by atoms with Crippen molar-refractivity contribution in [3.05, 3.63) is 18.0 Å². The maximum absolute atomic E-state index is 3.98. The summed E-state index contributed by atoms with van der Waals surface area (Å²) in [5.74, 6) is 0.916. The van der Waals surface area contributed by atoms with Crippen molar-refractivity contribution in [1.29, 1.82) is 0 Å². The molecule has 0 aliphatic heterocycles. The Morgan fingerprint density at radius 1 is 1.88 bits per heavy atom. The topological polar surface area (TPSA) is 28.7 Å². The van der Waals surface area contributed by atoms with Gasteiger partial charge in [-0.15, -0.1) is 11.7 Å². The first kappa shape index (κ1) is 6.04. The first-order valence-corrected chi connectivity index (χ1v) is 4.21. The van der Waals surface area contributed by atoms with Crippen LogP contribution in [0.15, 0.2) is 12.4 Å². The Balaban J connectivity index is 2.50. The van der Waals surface area contributed by atoms with Gasteiger partial charge in [-0.1, -0.05) is 10.8 Å². The minimum absolute atomic E-state index is 0.916. The number of thiol groups is 1. The van der Waals surface area contributed by atoms with Gasteiger partial charge in [0.25, 0.3) is 0 Å². The summed E-state index contributed by atoms with van der Waals surface area (Å²) in [4.78, 5) is 0. The summed E-state index contributed by atoms with van der Waals surface area (Å²) in [7, 11) is 1.49. The second kappa shape index (κ2) is 3.04. The molecule has 8 heavy (non-hydrogen) atoms. The third kappa shape index (κ3) is 1.45. The van der Waals surface area contributed by atoms with E-state index < -0.39 is 0 Å². The molecule has 1 N–H and O–H groups in total. The fourth-order valence-corrected chi connectivity index (χ4v) is 1.19. The number of nitrogens with one attached hydrogen (secondary N) is 1. The van der Waals surface area contributed by atoms with Crippen LogP contribution in [-0.4, -0.2) is 10.2 Å². The Morgan fingerprint density at radius 3 is 3.25 bits per heavy atom. The summed E-state index contributed by atoms with van der Waals surface area (Å²) in [6.45, 7) is 0. The smallest absolute Gasteiger partial charge is 0.0527 e. The van der Waals surface area contributed by atoms with Gasteiger partial charge in [-0.05, 0) is 0 Å². The van der Waals surface area contributed by atoms with Crippen LogP contribution in [0.25, 0.3) is 0 Å². The Bertz CT molecular complexity index is 138. The second-order valence-electron chi connectivity index (χ2n) is 1.38. The summed E-state index contributed by atoms with van der Waals surface area (Å²) in [6.07, 6.45) is 3.66. The third-order valence-corrected chi connectivity index (χ3v) is 1.64. The Labute approximate surface area is 56.9 Å². The van der Waals surface area contributed by atoms with E-state index in [0.29, 0.717) is 0 Å². The average Bonchev–Trinajstić information content (AvgIpc) is 2.19. The van der Waals surface area contributed by atoms with Gasteiger partial charge < -0.3 is 0 Å². The van der Waals surface area contributed by atoms with Gasteiger partial charge in [0.05, 0.1) is 6.20 Å². The summed E-state index contributed by atoms with van der Waals surface area (Å²) < 4.78 is 0. The van der Waals surface area contributed by atoms with Gasteiger partial charge in [-0.2, -0.15) is 5.10 Å². The summed E-state index contributed by atoms with van der Waals surface area (Å²) in [6, 6.07) is 0. The molecule has 0 aliphatic rings. The molecule has 2 nitrogen and oxygen atoms in total. The van der Waals surface area contributed by atoms with Crippen molar-refractivity contribution in [3.8, 4) is 0 Å². The predicted octanol–water partition coefficient (Wildman–Crippen LogP) is 1.49. The monoisotopic (exact) mass is 146 g/mol. The number of aromatic nitrogens is 2. The van der Waals surface area contributed by atoms with E-state index in [-0.39, 0.29) is 0 Å². The fourth-order valence-electron chi connectivity index (χ4n) is 0.431. The van der Waals surface area contributed by atoms with Gasteiger partial charge >= 0.3 is 0 Å². The fraction of sp³-hybridized carbons (Fsp3) is 0.250. The molecule has 44 valence electrons. The standard InChI is InChI=1S/C4H6N2S2/c7-8-3-4-1-5-6-2-4/h1-2,7H,3H2,(H,5,6). The molecule has 0 atom stereocenters. The van der Waals surface area contributed by atoms with E-state index in [0.717, 1.165) is 5.75 Å². The quantitative estimate of drug-likeness (QED) is 0.489. The van der Waals surface area contributed by atoms with Crippen LogP contribution in [-0.2, 0) is 5.75 Å². The molecule has 1 heterocycles. The minimum Gasteiger partial charge on any atom is -0.285 e. The van der Waals surface area contributed by atoms with Crippen LogP contribution in [0.1, 0.15) is 5.56 Å². The first-order valence-electron chi connectivity index (χ1n) is 2.17. The molecular formula is C4H6N2S2. The van der Waals surface area contributed by atoms with Crippen molar-refractivity contribution in [2.45, 2.75) is 5.75 Å². The highest BCUT2D eigenvalue weighted by Crippen LogP contribution is 2.12. The van der Waals surface area contributed by atoms with Crippen LogP contribution in [0.3, 0.4) is 0 Å². The van der Waals surface area contributed by atoms with Gasteiger partial charge in [-0.25, -0.2) is 0 Å². The number of H-pyrrole nitrogens is 1. The van der Waals surface area contributed by atoms with Gasteiger partial charge in [0.15, 0.2) is 0 Å². The van der Waals surface area contributed by atoms with Crippen LogP contribution < -0.4 is 0 Å². The van der Waals surface area contributed by atoms with Crippen molar-refractivity contribution >= 4 is 22.5 Å². The molecule has 4 heteroatoms. The molecule has 1 aromatic rings. The van der Waals surface area contributed by atoms with Gasteiger partial charge in [0.2, 0.25) is 0 Å². The molecule has 0 aliphatic carbocycles. The summed E-state index contributed by atoms with van der Waals surface area (Å²) in [5.41, 5.74) is 1.19. The van der Waals surface area contributed by atoms with E-state index >= 15 is 0 Å². The van der Waals surface area contributed by atoms with E-state index in [1.54, 1.807) is 6.20 Å². The van der Waals surface area contributed by atoms with Crippen molar-refractivity contribution in [3.63, 3.8) is 0 Å². The molecule has 0 aromatic carbocycles.